The highest BCUT2D eigenvalue weighted by Gasteiger charge is 2.45. The third-order valence-corrected chi connectivity index (χ3v) is 3.14. The van der Waals surface area contributed by atoms with Crippen molar-refractivity contribution in [3.05, 3.63) is 29.8 Å². The molecule has 1 aliphatic heterocycles. The van der Waals surface area contributed by atoms with Crippen LogP contribution in [0.1, 0.15) is 5.56 Å². The van der Waals surface area contributed by atoms with Gasteiger partial charge in [0.2, 0.25) is 0 Å². The molecule has 106 valence electrons. The molecule has 2 rings (SSSR count). The number of ether oxygens (including phenoxy) is 2. The van der Waals surface area contributed by atoms with Gasteiger partial charge in [-0.3, -0.25) is 0 Å². The van der Waals surface area contributed by atoms with Crippen LogP contribution < -0.4 is 4.74 Å². The minimum Gasteiger partial charge on any atom is -0.482 e. The number of aryl methyl sites for hydroxylation is 1. The number of hydrogen-bond acceptors (Lipinski definition) is 6. The summed E-state index contributed by atoms with van der Waals surface area (Å²) in [5, 5.41) is 38.3. The second-order valence-corrected chi connectivity index (χ2v) is 4.62. The Hall–Kier alpha value is -1.18. The molecule has 1 heterocycles. The van der Waals surface area contributed by atoms with Crippen LogP contribution in [0.4, 0.5) is 0 Å². The zero-order chi connectivity index (χ0) is 14.0. The predicted octanol–water partition coefficient (Wildman–Crippen LogP) is -0.826. The maximum Gasteiger partial charge on any atom is 0.195 e. The van der Waals surface area contributed by atoms with Gasteiger partial charge in [-0.05, 0) is 19.1 Å². The third-order valence-electron chi connectivity index (χ3n) is 3.14. The molecule has 19 heavy (non-hydrogen) atoms. The number of aliphatic hydroxyl groups is 4. The molecule has 0 amide bonds. The first-order valence-corrected chi connectivity index (χ1v) is 6.07. The topological polar surface area (TPSA) is 99.4 Å². The van der Waals surface area contributed by atoms with Crippen molar-refractivity contribution in [3.8, 4) is 5.75 Å². The molecule has 1 fully saturated rings. The Morgan fingerprint density at radius 2 is 1.74 bits per heavy atom. The van der Waals surface area contributed by atoms with Gasteiger partial charge in [-0.25, -0.2) is 0 Å². The highest BCUT2D eigenvalue weighted by atomic mass is 16.7. The fourth-order valence-corrected chi connectivity index (χ4v) is 1.97. The molecule has 0 radical (unpaired) electrons. The third kappa shape index (κ3) is 3.05. The monoisotopic (exact) mass is 270 g/mol. The maximum absolute atomic E-state index is 9.90. The van der Waals surface area contributed by atoms with Crippen molar-refractivity contribution in [1.82, 2.24) is 0 Å². The van der Waals surface area contributed by atoms with Crippen molar-refractivity contribution in [1.29, 1.82) is 0 Å². The van der Waals surface area contributed by atoms with Crippen molar-refractivity contribution in [2.24, 2.45) is 0 Å². The summed E-state index contributed by atoms with van der Waals surface area (Å²) >= 11 is 0. The number of aliphatic hydroxyl groups excluding tert-OH is 4. The van der Waals surface area contributed by atoms with Gasteiger partial charge >= 0.3 is 0 Å². The van der Waals surface area contributed by atoms with Crippen LogP contribution >= 0.6 is 0 Å². The van der Waals surface area contributed by atoms with E-state index in [0.29, 0.717) is 5.75 Å². The standard InChI is InChI=1S/C13H18O6/c1-7-2-4-8(5-3-7)18-12-11(16)10(15)9(6-14)19-13(12)17/h2-5,9-17H,6H2,1H3/t9-,10-,11+,12-,13+/m1/s1. The summed E-state index contributed by atoms with van der Waals surface area (Å²) in [4.78, 5) is 0. The maximum atomic E-state index is 9.90. The minimum absolute atomic E-state index is 0.451. The minimum atomic E-state index is -1.42. The first-order chi connectivity index (χ1) is 9.02. The smallest absolute Gasteiger partial charge is 0.195 e. The van der Waals surface area contributed by atoms with Crippen molar-refractivity contribution in [2.45, 2.75) is 37.6 Å². The van der Waals surface area contributed by atoms with Gasteiger partial charge in [0.25, 0.3) is 0 Å². The zero-order valence-corrected chi connectivity index (χ0v) is 10.5. The molecule has 1 saturated heterocycles. The second kappa shape index (κ2) is 5.85. The lowest BCUT2D eigenvalue weighted by Gasteiger charge is -2.39. The molecular formula is C13H18O6. The van der Waals surface area contributed by atoms with Gasteiger partial charge in [-0.2, -0.15) is 0 Å². The van der Waals surface area contributed by atoms with E-state index in [0.717, 1.165) is 5.56 Å². The van der Waals surface area contributed by atoms with E-state index in [1.807, 2.05) is 19.1 Å². The Labute approximate surface area is 110 Å². The van der Waals surface area contributed by atoms with Crippen LogP contribution in [0.5, 0.6) is 5.75 Å². The Morgan fingerprint density at radius 3 is 2.32 bits per heavy atom. The molecule has 5 atom stereocenters. The molecule has 4 N–H and O–H groups in total. The van der Waals surface area contributed by atoms with Gasteiger partial charge in [0.15, 0.2) is 12.4 Å². The summed E-state index contributed by atoms with van der Waals surface area (Å²) in [6, 6.07) is 7.04. The van der Waals surface area contributed by atoms with Gasteiger partial charge in [0, 0.05) is 0 Å². The van der Waals surface area contributed by atoms with E-state index in [1.54, 1.807) is 12.1 Å². The van der Waals surface area contributed by atoms with Crippen LogP contribution in [0.3, 0.4) is 0 Å². The molecule has 6 nitrogen and oxygen atoms in total. The Balaban J connectivity index is 2.09. The molecule has 1 aromatic carbocycles. The highest BCUT2D eigenvalue weighted by molar-refractivity contribution is 5.26. The molecule has 0 aliphatic carbocycles. The van der Waals surface area contributed by atoms with E-state index in [4.69, 9.17) is 14.6 Å². The van der Waals surface area contributed by atoms with Crippen LogP contribution in [-0.2, 0) is 4.74 Å². The van der Waals surface area contributed by atoms with Crippen LogP contribution in [0.25, 0.3) is 0 Å². The predicted molar refractivity (Wildman–Crippen MR) is 65.6 cm³/mol. The quantitative estimate of drug-likeness (QED) is 0.572. The van der Waals surface area contributed by atoms with Gasteiger partial charge in [0.1, 0.15) is 24.1 Å². The summed E-state index contributed by atoms with van der Waals surface area (Å²) < 4.78 is 10.4. The molecule has 0 aromatic heterocycles. The molecule has 0 spiro atoms. The van der Waals surface area contributed by atoms with E-state index >= 15 is 0 Å². The highest BCUT2D eigenvalue weighted by Crippen LogP contribution is 2.24. The van der Waals surface area contributed by atoms with Crippen LogP contribution in [0.15, 0.2) is 24.3 Å². The molecule has 0 saturated carbocycles. The molecule has 0 unspecified atom stereocenters. The van der Waals surface area contributed by atoms with Crippen LogP contribution in [-0.4, -0.2) is 57.7 Å². The van der Waals surface area contributed by atoms with Crippen LogP contribution in [0.2, 0.25) is 0 Å². The number of hydrogen-bond donors (Lipinski definition) is 4. The van der Waals surface area contributed by atoms with E-state index in [1.165, 1.54) is 0 Å². The second-order valence-electron chi connectivity index (χ2n) is 4.62. The van der Waals surface area contributed by atoms with Gasteiger partial charge in [-0.15, -0.1) is 0 Å². The van der Waals surface area contributed by atoms with E-state index in [-0.39, 0.29) is 0 Å². The Kier molecular flexibility index (Phi) is 4.38. The first-order valence-electron chi connectivity index (χ1n) is 6.07. The SMILES string of the molecule is Cc1ccc(O[C@@H]2[C@@H](O)[C@H](O)[C@@H](CO)O[C@@H]2O)cc1. The lowest BCUT2D eigenvalue weighted by atomic mass is 9.99. The summed E-state index contributed by atoms with van der Waals surface area (Å²) in [6.07, 6.45) is -6.22. The average molecular weight is 270 g/mol. The number of benzene rings is 1. The van der Waals surface area contributed by atoms with Crippen molar-refractivity contribution in [3.63, 3.8) is 0 Å². The molecular weight excluding hydrogens is 252 g/mol. The van der Waals surface area contributed by atoms with E-state index < -0.39 is 37.3 Å². The molecule has 6 heteroatoms. The average Bonchev–Trinajstić information content (AvgIpc) is 2.41. The fraction of sp³-hybridized carbons (Fsp3) is 0.538. The van der Waals surface area contributed by atoms with Gasteiger partial charge < -0.3 is 29.9 Å². The lowest BCUT2D eigenvalue weighted by molar-refractivity contribution is -0.280. The van der Waals surface area contributed by atoms with Gasteiger partial charge in [-0.1, -0.05) is 17.7 Å². The van der Waals surface area contributed by atoms with Crippen LogP contribution in [0, 0.1) is 6.92 Å². The largest absolute Gasteiger partial charge is 0.482 e. The first kappa shape index (κ1) is 14.2. The Morgan fingerprint density at radius 1 is 1.11 bits per heavy atom. The summed E-state index contributed by atoms with van der Waals surface area (Å²) in [5.41, 5.74) is 1.05. The van der Waals surface area contributed by atoms with E-state index in [9.17, 15) is 15.3 Å². The summed E-state index contributed by atoms with van der Waals surface area (Å²) in [5.74, 6) is 0.451. The van der Waals surface area contributed by atoms with Crippen molar-refractivity contribution >= 4 is 0 Å². The lowest BCUT2D eigenvalue weighted by Crippen LogP contribution is -2.60. The van der Waals surface area contributed by atoms with Gasteiger partial charge in [0.05, 0.1) is 6.61 Å². The molecule has 0 bridgehead atoms. The van der Waals surface area contributed by atoms with Crippen molar-refractivity contribution < 1.29 is 29.9 Å². The molecule has 1 aliphatic rings. The normalized spacial score (nSPS) is 35.1. The molecule has 1 aromatic rings. The Bertz CT molecular complexity index is 406. The summed E-state index contributed by atoms with van der Waals surface area (Å²) in [7, 11) is 0. The fourth-order valence-electron chi connectivity index (χ4n) is 1.97. The van der Waals surface area contributed by atoms with Crippen molar-refractivity contribution in [2.75, 3.05) is 6.61 Å². The zero-order valence-electron chi connectivity index (χ0n) is 10.5. The number of rotatable bonds is 3. The van der Waals surface area contributed by atoms with E-state index in [2.05, 4.69) is 0 Å². The summed E-state index contributed by atoms with van der Waals surface area (Å²) in [6.45, 7) is 1.43.